The van der Waals surface area contributed by atoms with E-state index in [0.29, 0.717) is 5.56 Å². The smallest absolute Gasteiger partial charge is 0.330 e. The Kier molecular flexibility index (Phi) is 4.08. The zero-order valence-electron chi connectivity index (χ0n) is 10.9. The second-order valence-corrected chi connectivity index (χ2v) is 4.72. The van der Waals surface area contributed by atoms with Gasteiger partial charge in [0.05, 0.1) is 11.1 Å². The van der Waals surface area contributed by atoms with Gasteiger partial charge >= 0.3 is 5.97 Å². The number of hydrogen-bond donors (Lipinski definition) is 2. The molecule has 0 radical (unpaired) electrons. The standard InChI is InChI=1S/C12H11ClN4O4/c1-16-6-7(5-14-16)11(12(18)19)15-9-4-8(13)2-3-10(9)17(20)21/h2-6,11,15H,1H3,(H,18,19). The molecule has 1 unspecified atom stereocenters. The minimum atomic E-state index is -1.18. The maximum atomic E-state index is 11.4. The third-order valence-electron chi connectivity index (χ3n) is 2.76. The van der Waals surface area contributed by atoms with Gasteiger partial charge in [0.1, 0.15) is 5.69 Å². The Bertz CT molecular complexity index is 700. The lowest BCUT2D eigenvalue weighted by Gasteiger charge is -2.14. The summed E-state index contributed by atoms with van der Waals surface area (Å²) in [5.41, 5.74) is 0.151. The van der Waals surface area contributed by atoms with Crippen LogP contribution in [0.1, 0.15) is 11.6 Å². The molecule has 9 heteroatoms. The molecule has 0 aliphatic rings. The van der Waals surface area contributed by atoms with E-state index in [9.17, 15) is 20.0 Å². The van der Waals surface area contributed by atoms with Crippen molar-refractivity contribution in [2.75, 3.05) is 5.32 Å². The van der Waals surface area contributed by atoms with Crippen LogP contribution in [0.25, 0.3) is 0 Å². The van der Waals surface area contributed by atoms with Crippen molar-refractivity contribution in [1.29, 1.82) is 0 Å². The van der Waals surface area contributed by atoms with Gasteiger partial charge in [0.15, 0.2) is 6.04 Å². The molecular formula is C12H11ClN4O4. The molecule has 0 saturated heterocycles. The van der Waals surface area contributed by atoms with Crippen LogP contribution in [0.2, 0.25) is 5.02 Å². The fraction of sp³-hybridized carbons (Fsp3) is 0.167. The van der Waals surface area contributed by atoms with Gasteiger partial charge in [0.25, 0.3) is 5.69 Å². The zero-order valence-corrected chi connectivity index (χ0v) is 11.6. The van der Waals surface area contributed by atoms with Gasteiger partial charge in [0, 0.05) is 29.9 Å². The van der Waals surface area contributed by atoms with Crippen molar-refractivity contribution in [1.82, 2.24) is 9.78 Å². The van der Waals surface area contributed by atoms with Gasteiger partial charge in [-0.05, 0) is 12.1 Å². The highest BCUT2D eigenvalue weighted by Gasteiger charge is 2.25. The minimum Gasteiger partial charge on any atom is -0.479 e. The second-order valence-electron chi connectivity index (χ2n) is 4.28. The summed E-state index contributed by atoms with van der Waals surface area (Å²) in [6.07, 6.45) is 2.89. The van der Waals surface area contributed by atoms with E-state index in [-0.39, 0.29) is 16.4 Å². The largest absolute Gasteiger partial charge is 0.479 e. The molecule has 0 aliphatic heterocycles. The maximum Gasteiger partial charge on any atom is 0.330 e. The highest BCUT2D eigenvalue weighted by atomic mass is 35.5. The number of carbonyl (C=O) groups is 1. The molecule has 2 aromatic rings. The van der Waals surface area contributed by atoms with Crippen LogP contribution in [0.5, 0.6) is 0 Å². The van der Waals surface area contributed by atoms with Gasteiger partial charge in [-0.15, -0.1) is 0 Å². The summed E-state index contributed by atoms with van der Waals surface area (Å²) in [6, 6.07) is 2.72. The second kappa shape index (κ2) is 5.80. The summed E-state index contributed by atoms with van der Waals surface area (Å²) in [7, 11) is 1.64. The maximum absolute atomic E-state index is 11.4. The van der Waals surface area contributed by atoms with Crippen molar-refractivity contribution in [3.8, 4) is 0 Å². The van der Waals surface area contributed by atoms with Crippen LogP contribution in [0, 0.1) is 10.1 Å². The number of halogens is 1. The molecule has 1 aromatic heterocycles. The number of benzene rings is 1. The molecule has 1 aromatic carbocycles. The number of aliphatic carboxylic acids is 1. The molecule has 1 heterocycles. The number of anilines is 1. The molecule has 2 N–H and O–H groups in total. The van der Waals surface area contributed by atoms with Crippen LogP contribution >= 0.6 is 11.6 Å². The first-order valence-electron chi connectivity index (χ1n) is 5.80. The van der Waals surface area contributed by atoms with Gasteiger partial charge < -0.3 is 10.4 Å². The fourth-order valence-corrected chi connectivity index (χ4v) is 1.99. The number of aromatic nitrogens is 2. The first kappa shape index (κ1) is 14.8. The highest BCUT2D eigenvalue weighted by molar-refractivity contribution is 6.31. The van der Waals surface area contributed by atoms with Crippen molar-refractivity contribution >= 4 is 28.9 Å². The normalized spacial score (nSPS) is 11.9. The average Bonchev–Trinajstić information content (AvgIpc) is 2.81. The van der Waals surface area contributed by atoms with Crippen LogP contribution in [0.15, 0.2) is 30.6 Å². The van der Waals surface area contributed by atoms with E-state index in [0.717, 1.165) is 0 Å². The third kappa shape index (κ3) is 3.29. The van der Waals surface area contributed by atoms with Crippen molar-refractivity contribution in [2.45, 2.75) is 6.04 Å². The lowest BCUT2D eigenvalue weighted by Crippen LogP contribution is -2.20. The van der Waals surface area contributed by atoms with Gasteiger partial charge in [0.2, 0.25) is 0 Å². The topological polar surface area (TPSA) is 110 Å². The number of carboxylic acids is 1. The van der Waals surface area contributed by atoms with Crippen LogP contribution in [-0.4, -0.2) is 25.8 Å². The SMILES string of the molecule is Cn1cc(C(Nc2cc(Cl)ccc2[N+](=O)[O-])C(=O)O)cn1. The first-order chi connectivity index (χ1) is 9.88. The zero-order chi connectivity index (χ0) is 15.6. The van der Waals surface area contributed by atoms with Crippen LogP contribution in [0.3, 0.4) is 0 Å². The molecule has 2 rings (SSSR count). The molecule has 0 amide bonds. The van der Waals surface area contributed by atoms with E-state index in [1.165, 1.54) is 35.3 Å². The molecule has 0 saturated carbocycles. The Hall–Kier alpha value is -2.61. The van der Waals surface area contributed by atoms with Crippen molar-refractivity contribution < 1.29 is 14.8 Å². The summed E-state index contributed by atoms with van der Waals surface area (Å²) in [5, 5.41) is 27.0. The number of nitrogens with zero attached hydrogens (tertiary/aromatic N) is 3. The predicted octanol–water partition coefficient (Wildman–Crippen LogP) is 2.22. The predicted molar refractivity (Wildman–Crippen MR) is 75.3 cm³/mol. The summed E-state index contributed by atoms with van der Waals surface area (Å²) in [6.45, 7) is 0. The average molecular weight is 311 g/mol. The quantitative estimate of drug-likeness (QED) is 0.647. The number of hydrogen-bond acceptors (Lipinski definition) is 5. The molecule has 1 atom stereocenters. The Labute approximate surface area is 124 Å². The number of aryl methyl sites for hydroxylation is 1. The fourth-order valence-electron chi connectivity index (χ4n) is 1.82. The Morgan fingerprint density at radius 1 is 1.57 bits per heavy atom. The molecule has 0 bridgehead atoms. The third-order valence-corrected chi connectivity index (χ3v) is 3.00. The van der Waals surface area contributed by atoms with E-state index in [1.807, 2.05) is 0 Å². The molecule has 110 valence electrons. The van der Waals surface area contributed by atoms with Crippen molar-refractivity contribution in [3.05, 3.63) is 51.3 Å². The number of rotatable bonds is 5. The minimum absolute atomic E-state index is 0.0313. The number of nitro benzene ring substituents is 1. The molecule has 0 spiro atoms. The summed E-state index contributed by atoms with van der Waals surface area (Å²) in [4.78, 5) is 21.8. The summed E-state index contributed by atoms with van der Waals surface area (Å²) in [5.74, 6) is -1.18. The Morgan fingerprint density at radius 2 is 2.29 bits per heavy atom. The highest BCUT2D eigenvalue weighted by Crippen LogP contribution is 2.31. The summed E-state index contributed by atoms with van der Waals surface area (Å²) < 4.78 is 1.44. The van der Waals surface area contributed by atoms with E-state index >= 15 is 0 Å². The van der Waals surface area contributed by atoms with Gasteiger partial charge in [-0.2, -0.15) is 5.10 Å². The van der Waals surface area contributed by atoms with Crippen LogP contribution in [-0.2, 0) is 11.8 Å². The van der Waals surface area contributed by atoms with Gasteiger partial charge in [-0.25, -0.2) is 4.79 Å². The lowest BCUT2D eigenvalue weighted by atomic mass is 10.1. The number of carboxylic acid groups (broad SMARTS) is 1. The van der Waals surface area contributed by atoms with E-state index in [1.54, 1.807) is 7.05 Å². The molecular weight excluding hydrogens is 300 g/mol. The van der Waals surface area contributed by atoms with Gasteiger partial charge in [-0.1, -0.05) is 11.6 Å². The number of nitro groups is 1. The first-order valence-corrected chi connectivity index (χ1v) is 6.18. The van der Waals surface area contributed by atoms with Crippen LogP contribution in [0.4, 0.5) is 11.4 Å². The number of nitrogens with one attached hydrogen (secondary N) is 1. The van der Waals surface area contributed by atoms with Crippen LogP contribution < -0.4 is 5.32 Å². The van der Waals surface area contributed by atoms with Gasteiger partial charge in [-0.3, -0.25) is 14.8 Å². The van der Waals surface area contributed by atoms with E-state index < -0.39 is 16.9 Å². The Morgan fingerprint density at radius 3 is 2.81 bits per heavy atom. The van der Waals surface area contributed by atoms with Crippen molar-refractivity contribution in [2.24, 2.45) is 7.05 Å². The van der Waals surface area contributed by atoms with E-state index in [2.05, 4.69) is 10.4 Å². The Balaban J connectivity index is 2.40. The molecule has 8 nitrogen and oxygen atoms in total. The molecule has 0 fully saturated rings. The van der Waals surface area contributed by atoms with E-state index in [4.69, 9.17) is 11.6 Å². The van der Waals surface area contributed by atoms with Crippen molar-refractivity contribution in [3.63, 3.8) is 0 Å². The molecule has 21 heavy (non-hydrogen) atoms. The lowest BCUT2D eigenvalue weighted by molar-refractivity contribution is -0.384. The molecule has 0 aliphatic carbocycles. The summed E-state index contributed by atoms with van der Waals surface area (Å²) >= 11 is 5.81. The monoisotopic (exact) mass is 310 g/mol.